The number of aromatic nitrogens is 3. The highest BCUT2D eigenvalue weighted by atomic mass is 16.5. The Labute approximate surface area is 152 Å². The molecule has 4 rings (SSSR count). The first-order chi connectivity index (χ1) is 12.7. The summed E-state index contributed by atoms with van der Waals surface area (Å²) >= 11 is 0. The summed E-state index contributed by atoms with van der Waals surface area (Å²) in [5.74, 6) is 2.41. The van der Waals surface area contributed by atoms with Gasteiger partial charge in [-0.2, -0.15) is 5.10 Å². The van der Waals surface area contributed by atoms with E-state index in [2.05, 4.69) is 27.3 Å². The Hall–Kier alpha value is -2.80. The molecule has 26 heavy (non-hydrogen) atoms. The Morgan fingerprint density at radius 1 is 1.12 bits per heavy atom. The van der Waals surface area contributed by atoms with Gasteiger partial charge in [0.1, 0.15) is 5.69 Å². The van der Waals surface area contributed by atoms with E-state index in [1.165, 1.54) is 11.1 Å². The summed E-state index contributed by atoms with van der Waals surface area (Å²) in [4.78, 5) is 2.35. The second-order valence-corrected chi connectivity index (χ2v) is 6.52. The Kier molecular flexibility index (Phi) is 4.38. The topological polar surface area (TPSA) is 65.6 Å². The summed E-state index contributed by atoms with van der Waals surface area (Å²) in [5.41, 5.74) is 4.36. The monoisotopic (exact) mass is 354 g/mol. The molecular weight excluding hydrogens is 332 g/mol. The van der Waals surface area contributed by atoms with E-state index < -0.39 is 0 Å². The van der Waals surface area contributed by atoms with Crippen molar-refractivity contribution in [2.24, 2.45) is 7.05 Å². The van der Waals surface area contributed by atoms with Gasteiger partial charge in [-0.15, -0.1) is 0 Å². The van der Waals surface area contributed by atoms with Crippen LogP contribution in [0.1, 0.15) is 16.9 Å². The van der Waals surface area contributed by atoms with Gasteiger partial charge < -0.3 is 14.0 Å². The van der Waals surface area contributed by atoms with E-state index in [0.717, 1.165) is 54.6 Å². The lowest BCUT2D eigenvalue weighted by Gasteiger charge is -2.28. The molecule has 0 aliphatic carbocycles. The SMILES string of the molecule is COc1cc2c(cc1OC)CN(Cc1cc(-c3cnn(C)c3)no1)CC2. The molecule has 7 nitrogen and oxygen atoms in total. The van der Waals surface area contributed by atoms with Crippen molar-refractivity contribution in [3.05, 3.63) is 47.5 Å². The minimum atomic E-state index is 0.723. The van der Waals surface area contributed by atoms with Crippen LogP contribution in [0.3, 0.4) is 0 Å². The maximum Gasteiger partial charge on any atom is 0.161 e. The minimum Gasteiger partial charge on any atom is -0.493 e. The van der Waals surface area contributed by atoms with Crippen molar-refractivity contribution in [3.8, 4) is 22.8 Å². The van der Waals surface area contributed by atoms with Gasteiger partial charge in [-0.05, 0) is 29.7 Å². The number of methoxy groups -OCH3 is 2. The van der Waals surface area contributed by atoms with Gasteiger partial charge in [-0.3, -0.25) is 9.58 Å². The van der Waals surface area contributed by atoms with Gasteiger partial charge in [0, 0.05) is 38.0 Å². The molecule has 0 bridgehead atoms. The lowest BCUT2D eigenvalue weighted by atomic mass is 9.98. The molecule has 0 radical (unpaired) electrons. The molecule has 0 spiro atoms. The predicted molar refractivity (Wildman–Crippen MR) is 96.1 cm³/mol. The van der Waals surface area contributed by atoms with E-state index in [0.29, 0.717) is 0 Å². The van der Waals surface area contributed by atoms with Crippen LogP contribution in [0.5, 0.6) is 11.5 Å². The molecular formula is C19H22N4O3. The zero-order valence-electron chi connectivity index (χ0n) is 15.2. The number of benzene rings is 1. The summed E-state index contributed by atoms with van der Waals surface area (Å²) in [6.45, 7) is 2.53. The third-order valence-electron chi connectivity index (χ3n) is 4.74. The number of nitrogens with zero attached hydrogens (tertiary/aromatic N) is 4. The molecule has 0 atom stereocenters. The van der Waals surface area contributed by atoms with Crippen molar-refractivity contribution < 1.29 is 14.0 Å². The summed E-state index contributed by atoms with van der Waals surface area (Å²) in [6, 6.07) is 6.14. The van der Waals surface area contributed by atoms with Crippen molar-refractivity contribution in [1.29, 1.82) is 0 Å². The maximum absolute atomic E-state index is 5.53. The van der Waals surface area contributed by atoms with E-state index in [1.807, 2.05) is 19.3 Å². The number of ether oxygens (including phenoxy) is 2. The molecule has 136 valence electrons. The summed E-state index contributed by atoms with van der Waals surface area (Å²) in [5, 5.41) is 8.34. The molecule has 0 saturated heterocycles. The fourth-order valence-electron chi connectivity index (χ4n) is 3.37. The van der Waals surface area contributed by atoms with Crippen LogP contribution in [0.2, 0.25) is 0 Å². The smallest absolute Gasteiger partial charge is 0.161 e. The van der Waals surface area contributed by atoms with Gasteiger partial charge in [0.05, 0.1) is 27.0 Å². The Balaban J connectivity index is 1.48. The van der Waals surface area contributed by atoms with E-state index >= 15 is 0 Å². The molecule has 0 N–H and O–H groups in total. The largest absolute Gasteiger partial charge is 0.493 e. The number of fused-ring (bicyclic) bond motifs is 1. The van der Waals surface area contributed by atoms with Crippen molar-refractivity contribution in [2.45, 2.75) is 19.5 Å². The lowest BCUT2D eigenvalue weighted by Crippen LogP contribution is -2.30. The van der Waals surface area contributed by atoms with Crippen LogP contribution in [0.4, 0.5) is 0 Å². The molecule has 0 amide bonds. The average molecular weight is 354 g/mol. The highest BCUT2D eigenvalue weighted by Gasteiger charge is 2.21. The summed E-state index contributed by atoms with van der Waals surface area (Å²) < 4.78 is 18.1. The van der Waals surface area contributed by atoms with E-state index in [-0.39, 0.29) is 0 Å². The van der Waals surface area contributed by atoms with Crippen LogP contribution in [-0.4, -0.2) is 40.6 Å². The molecule has 0 fully saturated rings. The second-order valence-electron chi connectivity index (χ2n) is 6.52. The highest BCUT2D eigenvalue weighted by Crippen LogP contribution is 2.33. The number of hydrogen-bond acceptors (Lipinski definition) is 6. The Morgan fingerprint density at radius 2 is 1.88 bits per heavy atom. The Bertz CT molecular complexity index is 915. The van der Waals surface area contributed by atoms with Crippen molar-refractivity contribution >= 4 is 0 Å². The van der Waals surface area contributed by atoms with Crippen molar-refractivity contribution in [2.75, 3.05) is 20.8 Å². The van der Waals surface area contributed by atoms with Gasteiger partial charge in [-0.1, -0.05) is 5.16 Å². The molecule has 2 aromatic heterocycles. The first kappa shape index (κ1) is 16.7. The first-order valence-corrected chi connectivity index (χ1v) is 8.57. The molecule has 3 aromatic rings. The molecule has 1 aromatic carbocycles. The predicted octanol–water partition coefficient (Wildman–Crippen LogP) is 2.65. The van der Waals surface area contributed by atoms with E-state index in [4.69, 9.17) is 14.0 Å². The van der Waals surface area contributed by atoms with Gasteiger partial charge in [0.15, 0.2) is 17.3 Å². The Morgan fingerprint density at radius 3 is 2.58 bits per heavy atom. The van der Waals surface area contributed by atoms with Crippen LogP contribution < -0.4 is 9.47 Å². The van der Waals surface area contributed by atoms with Crippen LogP contribution >= 0.6 is 0 Å². The van der Waals surface area contributed by atoms with Gasteiger partial charge in [0.25, 0.3) is 0 Å². The molecule has 0 unspecified atom stereocenters. The zero-order valence-corrected chi connectivity index (χ0v) is 15.2. The lowest BCUT2D eigenvalue weighted by molar-refractivity contribution is 0.214. The normalized spacial score (nSPS) is 14.3. The molecule has 0 saturated carbocycles. The van der Waals surface area contributed by atoms with Crippen LogP contribution in [-0.2, 0) is 26.6 Å². The van der Waals surface area contributed by atoms with Crippen molar-refractivity contribution in [1.82, 2.24) is 19.8 Å². The third-order valence-corrected chi connectivity index (χ3v) is 4.74. The first-order valence-electron chi connectivity index (χ1n) is 8.57. The zero-order chi connectivity index (χ0) is 18.1. The van der Waals surface area contributed by atoms with Crippen molar-refractivity contribution in [3.63, 3.8) is 0 Å². The maximum atomic E-state index is 5.53. The highest BCUT2D eigenvalue weighted by molar-refractivity contribution is 5.56. The minimum absolute atomic E-state index is 0.723. The summed E-state index contributed by atoms with van der Waals surface area (Å²) in [7, 11) is 5.22. The third kappa shape index (κ3) is 3.17. The fourth-order valence-corrected chi connectivity index (χ4v) is 3.37. The van der Waals surface area contributed by atoms with Gasteiger partial charge >= 0.3 is 0 Å². The quantitative estimate of drug-likeness (QED) is 0.702. The van der Waals surface area contributed by atoms with Crippen LogP contribution in [0.15, 0.2) is 35.1 Å². The standard InChI is InChI=1S/C19H22N4O3/c1-22-10-15(9-20-22)17-8-16(26-21-17)12-23-5-4-13-6-18(24-2)19(25-3)7-14(13)11-23/h6-10H,4-5,11-12H2,1-3H3. The molecule has 3 heterocycles. The molecule has 1 aliphatic rings. The fraction of sp³-hybridized carbons (Fsp3) is 0.368. The average Bonchev–Trinajstić information content (AvgIpc) is 3.29. The number of hydrogen-bond donors (Lipinski definition) is 0. The van der Waals surface area contributed by atoms with Crippen LogP contribution in [0.25, 0.3) is 11.3 Å². The van der Waals surface area contributed by atoms with E-state index in [9.17, 15) is 0 Å². The van der Waals surface area contributed by atoms with Crippen LogP contribution in [0, 0.1) is 0 Å². The van der Waals surface area contributed by atoms with Gasteiger partial charge in [-0.25, -0.2) is 0 Å². The van der Waals surface area contributed by atoms with Gasteiger partial charge in [0.2, 0.25) is 0 Å². The second kappa shape index (κ2) is 6.84. The number of rotatable bonds is 5. The molecule has 7 heteroatoms. The molecule has 1 aliphatic heterocycles. The summed E-state index contributed by atoms with van der Waals surface area (Å²) in [6.07, 6.45) is 4.69. The number of aryl methyl sites for hydroxylation is 1. The van der Waals surface area contributed by atoms with E-state index in [1.54, 1.807) is 25.1 Å².